The van der Waals surface area contributed by atoms with Crippen LogP contribution in [0.3, 0.4) is 0 Å². The maximum absolute atomic E-state index is 14.1. The van der Waals surface area contributed by atoms with Crippen LogP contribution >= 0.6 is 0 Å². The van der Waals surface area contributed by atoms with Gasteiger partial charge in [-0.1, -0.05) is 31.9 Å². The van der Waals surface area contributed by atoms with E-state index in [0.29, 0.717) is 17.9 Å². The third-order valence-electron chi connectivity index (χ3n) is 7.47. The molecule has 1 unspecified atom stereocenters. The van der Waals surface area contributed by atoms with Gasteiger partial charge in [0, 0.05) is 12.6 Å². The summed E-state index contributed by atoms with van der Waals surface area (Å²) in [5.41, 5.74) is 0.651. The molecule has 1 aliphatic carbocycles. The topological polar surface area (TPSA) is 96.0 Å². The summed E-state index contributed by atoms with van der Waals surface area (Å²) in [7, 11) is -4.32. The molecule has 0 radical (unpaired) electrons. The van der Waals surface area contributed by atoms with Crippen LogP contribution in [0, 0.1) is 11.6 Å². The molecule has 1 fully saturated rings. The predicted octanol–water partition coefficient (Wildman–Crippen LogP) is 5.43. The number of rotatable bonds is 13. The normalized spacial score (nSPS) is 14.2. The van der Waals surface area contributed by atoms with Crippen molar-refractivity contribution in [1.82, 2.24) is 10.2 Å². The zero-order valence-corrected chi connectivity index (χ0v) is 25.2. The molecule has 4 rings (SSSR count). The number of halogens is 2. The lowest BCUT2D eigenvalue weighted by atomic mass is 10.1. The Hall–Kier alpha value is -3.99. The Balaban J connectivity index is 1.70. The number of hydrogen-bond donors (Lipinski definition) is 1. The van der Waals surface area contributed by atoms with Crippen molar-refractivity contribution in [3.8, 4) is 5.75 Å². The minimum atomic E-state index is -4.32. The zero-order chi connectivity index (χ0) is 31.0. The molecule has 0 aliphatic heterocycles. The minimum Gasteiger partial charge on any atom is -0.494 e. The van der Waals surface area contributed by atoms with E-state index >= 15 is 0 Å². The van der Waals surface area contributed by atoms with Crippen molar-refractivity contribution in [1.29, 1.82) is 0 Å². The number of hydrogen-bond acceptors (Lipinski definition) is 5. The molecule has 0 saturated heterocycles. The summed E-state index contributed by atoms with van der Waals surface area (Å²) in [5.74, 6) is -1.50. The molecular weight excluding hydrogens is 576 g/mol. The maximum atomic E-state index is 14.1. The van der Waals surface area contributed by atoms with Crippen molar-refractivity contribution in [2.24, 2.45) is 0 Å². The van der Waals surface area contributed by atoms with Crippen LogP contribution < -0.4 is 14.4 Å². The Labute approximate surface area is 251 Å². The molecule has 1 aliphatic rings. The number of carbonyl (C=O) groups is 2. The molecule has 43 heavy (non-hydrogen) atoms. The third kappa shape index (κ3) is 8.10. The van der Waals surface area contributed by atoms with Gasteiger partial charge in [0.15, 0.2) is 0 Å². The first-order valence-corrected chi connectivity index (χ1v) is 15.9. The van der Waals surface area contributed by atoms with E-state index in [1.165, 1.54) is 65.6 Å². The van der Waals surface area contributed by atoms with Crippen molar-refractivity contribution in [2.75, 3.05) is 17.5 Å². The molecule has 8 nitrogen and oxygen atoms in total. The summed E-state index contributed by atoms with van der Waals surface area (Å²) >= 11 is 0. The number of ether oxygens (including phenoxy) is 1. The highest BCUT2D eigenvalue weighted by Crippen LogP contribution is 2.27. The smallest absolute Gasteiger partial charge is 0.264 e. The highest BCUT2D eigenvalue weighted by atomic mass is 32.2. The molecule has 1 saturated carbocycles. The first-order chi connectivity index (χ1) is 20.6. The van der Waals surface area contributed by atoms with E-state index in [9.17, 15) is 26.8 Å². The van der Waals surface area contributed by atoms with Gasteiger partial charge in [0.2, 0.25) is 11.8 Å². The molecule has 3 aromatic carbocycles. The zero-order valence-electron chi connectivity index (χ0n) is 24.3. The molecule has 0 heterocycles. The lowest BCUT2D eigenvalue weighted by Gasteiger charge is -2.33. The fourth-order valence-electron chi connectivity index (χ4n) is 5.21. The number of nitrogens with one attached hydrogen (secondary N) is 1. The molecule has 1 atom stereocenters. The summed E-state index contributed by atoms with van der Waals surface area (Å²) in [5, 5.41) is 3.04. The first kappa shape index (κ1) is 31.9. The molecule has 0 aromatic heterocycles. The van der Waals surface area contributed by atoms with Crippen LogP contribution in [0.15, 0.2) is 77.7 Å². The highest BCUT2D eigenvalue weighted by molar-refractivity contribution is 7.92. The SMILES string of the molecule is CCOc1ccc(S(=O)(=O)N(CC(=O)N(Cc2ccc(F)cc2)C(CC)C(=O)NC2CCCC2)c2ccc(F)cc2)cc1. The minimum absolute atomic E-state index is 0.0140. The fraction of sp³-hybridized carbons (Fsp3) is 0.375. The summed E-state index contributed by atoms with van der Waals surface area (Å²) in [6, 6.07) is 15.2. The third-order valence-corrected chi connectivity index (χ3v) is 9.26. The van der Waals surface area contributed by atoms with Crippen LogP contribution in [0.4, 0.5) is 14.5 Å². The lowest BCUT2D eigenvalue weighted by Crippen LogP contribution is -2.53. The Morgan fingerprint density at radius 3 is 2.05 bits per heavy atom. The number of amides is 2. The van der Waals surface area contributed by atoms with Gasteiger partial charge in [0.1, 0.15) is 30.0 Å². The van der Waals surface area contributed by atoms with E-state index in [4.69, 9.17) is 4.74 Å². The number of benzene rings is 3. The van der Waals surface area contributed by atoms with E-state index in [0.717, 1.165) is 42.1 Å². The van der Waals surface area contributed by atoms with Gasteiger partial charge in [-0.25, -0.2) is 17.2 Å². The van der Waals surface area contributed by atoms with Gasteiger partial charge in [-0.3, -0.25) is 13.9 Å². The van der Waals surface area contributed by atoms with Gasteiger partial charge in [0.05, 0.1) is 17.2 Å². The standard InChI is InChI=1S/C32H37F2N3O5S/c1-3-30(32(39)35-26-7-5-6-8-26)36(21-23-9-11-24(33)12-10-23)31(38)22-37(27-15-13-25(34)14-16-27)43(40,41)29-19-17-28(18-20-29)42-4-2/h9-20,26,30H,3-8,21-22H2,1-2H3,(H,35,39). The van der Waals surface area contributed by atoms with E-state index in [1.54, 1.807) is 6.92 Å². The molecular formula is C32H37F2N3O5S. The second-order valence-corrected chi connectivity index (χ2v) is 12.3. The second kappa shape index (κ2) is 14.5. The molecule has 1 N–H and O–H groups in total. The Bertz CT molecular complexity index is 1480. The van der Waals surface area contributed by atoms with Crippen molar-refractivity contribution in [3.05, 3.63) is 90.0 Å². The maximum Gasteiger partial charge on any atom is 0.264 e. The first-order valence-electron chi connectivity index (χ1n) is 14.5. The number of sulfonamides is 1. The van der Waals surface area contributed by atoms with Gasteiger partial charge in [0.25, 0.3) is 10.0 Å². The Kier molecular flexibility index (Phi) is 10.7. The molecule has 230 valence electrons. The Morgan fingerprint density at radius 1 is 0.907 bits per heavy atom. The van der Waals surface area contributed by atoms with Crippen molar-refractivity contribution in [2.45, 2.75) is 69.5 Å². The van der Waals surface area contributed by atoms with Gasteiger partial charge < -0.3 is 15.0 Å². The van der Waals surface area contributed by atoms with Crippen LogP contribution in [-0.2, 0) is 26.2 Å². The van der Waals surface area contributed by atoms with Crippen LogP contribution in [0.25, 0.3) is 0 Å². The van der Waals surface area contributed by atoms with Crippen LogP contribution in [-0.4, -0.2) is 50.4 Å². The van der Waals surface area contributed by atoms with E-state index < -0.39 is 40.2 Å². The van der Waals surface area contributed by atoms with Gasteiger partial charge >= 0.3 is 0 Å². The van der Waals surface area contributed by atoms with E-state index in [1.807, 2.05) is 6.92 Å². The quantitative estimate of drug-likeness (QED) is 0.278. The molecule has 0 bridgehead atoms. The molecule has 11 heteroatoms. The summed E-state index contributed by atoms with van der Waals surface area (Å²) in [4.78, 5) is 28.8. The fourth-order valence-corrected chi connectivity index (χ4v) is 6.63. The molecule has 2 amide bonds. The van der Waals surface area contributed by atoms with Crippen molar-refractivity contribution < 1.29 is 31.5 Å². The summed E-state index contributed by atoms with van der Waals surface area (Å²) in [6.07, 6.45) is 4.00. The lowest BCUT2D eigenvalue weighted by molar-refractivity contribution is -0.140. The second-order valence-electron chi connectivity index (χ2n) is 10.5. The molecule has 3 aromatic rings. The molecule has 0 spiro atoms. The van der Waals surface area contributed by atoms with Gasteiger partial charge in [-0.2, -0.15) is 0 Å². The predicted molar refractivity (Wildman–Crippen MR) is 160 cm³/mol. The Morgan fingerprint density at radius 2 is 1.49 bits per heavy atom. The number of nitrogens with zero attached hydrogens (tertiary/aromatic N) is 2. The number of anilines is 1. The van der Waals surface area contributed by atoms with Crippen molar-refractivity contribution >= 4 is 27.5 Å². The summed E-state index contributed by atoms with van der Waals surface area (Å²) < 4.78 is 61.7. The largest absolute Gasteiger partial charge is 0.494 e. The average molecular weight is 614 g/mol. The number of carbonyl (C=O) groups excluding carboxylic acids is 2. The van der Waals surface area contributed by atoms with Gasteiger partial charge in [-0.15, -0.1) is 0 Å². The van der Waals surface area contributed by atoms with Crippen LogP contribution in [0.5, 0.6) is 5.75 Å². The average Bonchev–Trinajstić information content (AvgIpc) is 3.50. The van der Waals surface area contributed by atoms with Crippen LogP contribution in [0.2, 0.25) is 0 Å². The van der Waals surface area contributed by atoms with Crippen molar-refractivity contribution in [3.63, 3.8) is 0 Å². The van der Waals surface area contributed by atoms with Crippen LogP contribution in [0.1, 0.15) is 51.5 Å². The van der Waals surface area contributed by atoms with Gasteiger partial charge in [-0.05, 0) is 92.4 Å². The summed E-state index contributed by atoms with van der Waals surface area (Å²) in [6.45, 7) is 3.28. The van der Waals surface area contributed by atoms with E-state index in [-0.39, 0.29) is 35.5 Å². The highest BCUT2D eigenvalue weighted by Gasteiger charge is 2.34. The monoisotopic (exact) mass is 613 g/mol. The van der Waals surface area contributed by atoms with E-state index in [2.05, 4.69) is 5.32 Å².